The minimum Gasteiger partial charge on any atom is -0.497 e. The van der Waals surface area contributed by atoms with Gasteiger partial charge in [0.05, 0.1) is 25.4 Å². The van der Waals surface area contributed by atoms with Crippen molar-refractivity contribution in [3.05, 3.63) is 88.2 Å². The molecule has 5 nitrogen and oxygen atoms in total. The van der Waals surface area contributed by atoms with Crippen LogP contribution in [0.2, 0.25) is 5.15 Å². The Morgan fingerprint density at radius 1 is 1.24 bits per heavy atom. The Morgan fingerprint density at radius 2 is 2.00 bits per heavy atom. The summed E-state index contributed by atoms with van der Waals surface area (Å²) in [5.74, 6) is 0.601. The molecule has 0 fully saturated rings. The summed E-state index contributed by atoms with van der Waals surface area (Å²) in [5.41, 5.74) is 3.57. The first-order chi connectivity index (χ1) is 14.0. The van der Waals surface area contributed by atoms with Gasteiger partial charge in [0.25, 0.3) is 0 Å². The third-order valence-corrected chi connectivity index (χ3v) is 5.03. The van der Waals surface area contributed by atoms with Crippen molar-refractivity contribution in [2.75, 3.05) is 7.11 Å². The average molecular weight is 410 g/mol. The summed E-state index contributed by atoms with van der Waals surface area (Å²) in [4.78, 5) is 12.3. The van der Waals surface area contributed by atoms with Gasteiger partial charge in [-0.05, 0) is 43.2 Å². The summed E-state index contributed by atoms with van der Waals surface area (Å²) >= 11 is 6.52. The van der Waals surface area contributed by atoms with Crippen molar-refractivity contribution in [2.24, 2.45) is 0 Å². The zero-order chi connectivity index (χ0) is 20.8. The molecule has 1 aromatic heterocycles. The minimum absolute atomic E-state index is 0.0827. The Labute approximate surface area is 176 Å². The lowest BCUT2D eigenvalue weighted by atomic mass is 10.1. The van der Waals surface area contributed by atoms with E-state index >= 15 is 0 Å². The number of nitrogens with zero attached hydrogens (tertiary/aromatic N) is 2. The van der Waals surface area contributed by atoms with Crippen molar-refractivity contribution >= 4 is 23.6 Å². The second-order valence-electron chi connectivity index (χ2n) is 6.77. The number of ether oxygens (including phenoxy) is 1. The SMILES string of the molecule is COc1cccc(Cn2nc(C)c(/C=C/C(=O)N[C@H](C)c3ccccc3)c2Cl)c1. The van der Waals surface area contributed by atoms with E-state index in [0.717, 1.165) is 28.1 Å². The Hall–Kier alpha value is -3.05. The van der Waals surface area contributed by atoms with E-state index in [0.29, 0.717) is 11.7 Å². The fraction of sp³-hybridized carbons (Fsp3) is 0.217. The molecule has 0 aliphatic heterocycles. The Bertz CT molecular complexity index is 1010. The molecule has 0 aliphatic carbocycles. The molecular formula is C23H24ClN3O2. The standard InChI is InChI=1S/C23H24ClN3O2/c1-16(19-9-5-4-6-10-19)25-22(28)13-12-21-17(2)26-27(23(21)24)15-18-8-7-11-20(14-18)29-3/h4-14,16H,15H2,1-3H3,(H,25,28)/b13-12+/t16-/m1/s1. The van der Waals surface area contributed by atoms with Crippen molar-refractivity contribution < 1.29 is 9.53 Å². The zero-order valence-electron chi connectivity index (χ0n) is 16.7. The van der Waals surface area contributed by atoms with E-state index in [1.165, 1.54) is 6.08 Å². The van der Waals surface area contributed by atoms with Crippen molar-refractivity contribution in [2.45, 2.75) is 26.4 Å². The molecule has 0 saturated carbocycles. The van der Waals surface area contributed by atoms with Crippen LogP contribution in [0.3, 0.4) is 0 Å². The van der Waals surface area contributed by atoms with E-state index in [-0.39, 0.29) is 11.9 Å². The molecule has 0 spiro atoms. The summed E-state index contributed by atoms with van der Waals surface area (Å²) in [6.07, 6.45) is 3.20. The number of benzene rings is 2. The highest BCUT2D eigenvalue weighted by molar-refractivity contribution is 6.31. The van der Waals surface area contributed by atoms with Crippen LogP contribution in [0.15, 0.2) is 60.7 Å². The Morgan fingerprint density at radius 3 is 2.72 bits per heavy atom. The molecule has 0 unspecified atom stereocenters. The van der Waals surface area contributed by atoms with Gasteiger partial charge in [-0.1, -0.05) is 54.1 Å². The number of nitrogens with one attached hydrogen (secondary N) is 1. The number of hydrogen-bond acceptors (Lipinski definition) is 3. The summed E-state index contributed by atoms with van der Waals surface area (Å²) in [6, 6.07) is 17.5. The van der Waals surface area contributed by atoms with Crippen molar-refractivity contribution in [1.82, 2.24) is 15.1 Å². The molecule has 0 aliphatic rings. The number of halogens is 1. The van der Waals surface area contributed by atoms with Gasteiger partial charge in [-0.15, -0.1) is 0 Å². The van der Waals surface area contributed by atoms with Gasteiger partial charge in [0.1, 0.15) is 10.9 Å². The largest absolute Gasteiger partial charge is 0.497 e. The predicted molar refractivity (Wildman–Crippen MR) is 116 cm³/mol. The molecule has 1 N–H and O–H groups in total. The third kappa shape index (κ3) is 5.27. The first-order valence-corrected chi connectivity index (χ1v) is 9.75. The normalized spacial score (nSPS) is 12.1. The molecule has 3 rings (SSSR count). The fourth-order valence-corrected chi connectivity index (χ4v) is 3.35. The van der Waals surface area contributed by atoms with E-state index < -0.39 is 0 Å². The number of hydrogen-bond donors (Lipinski definition) is 1. The van der Waals surface area contributed by atoms with E-state index in [1.807, 2.05) is 68.4 Å². The topological polar surface area (TPSA) is 56.2 Å². The van der Waals surface area contributed by atoms with E-state index in [2.05, 4.69) is 10.4 Å². The summed E-state index contributed by atoms with van der Waals surface area (Å²) in [5, 5.41) is 7.95. The van der Waals surface area contributed by atoms with Crippen molar-refractivity contribution in [3.63, 3.8) is 0 Å². The summed E-state index contributed by atoms with van der Waals surface area (Å²) in [6.45, 7) is 4.34. The molecule has 2 aromatic carbocycles. The number of aromatic nitrogens is 2. The van der Waals surface area contributed by atoms with Crippen LogP contribution < -0.4 is 10.1 Å². The molecule has 0 radical (unpaired) electrons. The number of carbonyl (C=O) groups is 1. The molecule has 0 saturated heterocycles. The van der Waals surface area contributed by atoms with Crippen molar-refractivity contribution in [3.8, 4) is 5.75 Å². The average Bonchev–Trinajstić information content (AvgIpc) is 2.99. The predicted octanol–water partition coefficient (Wildman–Crippen LogP) is 4.79. The molecule has 29 heavy (non-hydrogen) atoms. The molecule has 3 aromatic rings. The Kier molecular flexibility index (Phi) is 6.73. The van der Waals surface area contributed by atoms with Gasteiger partial charge in [-0.3, -0.25) is 4.79 Å². The number of rotatable bonds is 7. The first-order valence-electron chi connectivity index (χ1n) is 9.37. The maximum absolute atomic E-state index is 12.3. The molecule has 1 atom stereocenters. The van der Waals surface area contributed by atoms with Gasteiger partial charge in [0.2, 0.25) is 5.91 Å². The highest BCUT2D eigenvalue weighted by Crippen LogP contribution is 2.23. The lowest BCUT2D eigenvalue weighted by Gasteiger charge is -2.12. The molecule has 0 bridgehead atoms. The van der Waals surface area contributed by atoms with E-state index in [4.69, 9.17) is 16.3 Å². The van der Waals surface area contributed by atoms with Crippen LogP contribution in [-0.4, -0.2) is 22.8 Å². The Balaban J connectivity index is 1.70. The van der Waals surface area contributed by atoms with Crippen LogP contribution in [0.5, 0.6) is 5.75 Å². The smallest absolute Gasteiger partial charge is 0.244 e. The van der Waals surface area contributed by atoms with E-state index in [9.17, 15) is 4.79 Å². The van der Waals surface area contributed by atoms with Gasteiger partial charge < -0.3 is 10.1 Å². The number of carbonyl (C=O) groups excluding carboxylic acids is 1. The number of aryl methyl sites for hydroxylation is 1. The highest BCUT2D eigenvalue weighted by atomic mass is 35.5. The summed E-state index contributed by atoms with van der Waals surface area (Å²) < 4.78 is 6.98. The van der Waals surface area contributed by atoms with Crippen LogP contribution >= 0.6 is 11.6 Å². The van der Waals surface area contributed by atoms with Crippen LogP contribution in [0.1, 0.15) is 35.3 Å². The molecule has 6 heteroatoms. The van der Waals surface area contributed by atoms with Crippen LogP contribution in [0.4, 0.5) is 0 Å². The van der Waals surface area contributed by atoms with Crippen LogP contribution in [-0.2, 0) is 11.3 Å². The molecular weight excluding hydrogens is 386 g/mol. The summed E-state index contributed by atoms with van der Waals surface area (Å²) in [7, 11) is 1.64. The monoisotopic (exact) mass is 409 g/mol. The maximum atomic E-state index is 12.3. The van der Waals surface area contributed by atoms with Crippen LogP contribution in [0.25, 0.3) is 6.08 Å². The van der Waals surface area contributed by atoms with Gasteiger partial charge >= 0.3 is 0 Å². The van der Waals surface area contributed by atoms with Gasteiger partial charge in [0.15, 0.2) is 0 Å². The quantitative estimate of drug-likeness (QED) is 0.570. The van der Waals surface area contributed by atoms with Gasteiger partial charge in [-0.2, -0.15) is 5.10 Å². The minimum atomic E-state index is -0.183. The van der Waals surface area contributed by atoms with Gasteiger partial charge in [0, 0.05) is 11.6 Å². The lowest BCUT2D eigenvalue weighted by molar-refractivity contribution is -0.117. The lowest BCUT2D eigenvalue weighted by Crippen LogP contribution is -2.24. The fourth-order valence-electron chi connectivity index (χ4n) is 3.05. The maximum Gasteiger partial charge on any atom is 0.244 e. The molecule has 1 heterocycles. The van der Waals surface area contributed by atoms with Crippen LogP contribution in [0, 0.1) is 6.92 Å². The molecule has 150 valence electrons. The number of amides is 1. The molecule has 1 amide bonds. The second-order valence-corrected chi connectivity index (χ2v) is 7.13. The second kappa shape index (κ2) is 9.43. The van der Waals surface area contributed by atoms with Crippen molar-refractivity contribution in [1.29, 1.82) is 0 Å². The van der Waals surface area contributed by atoms with E-state index in [1.54, 1.807) is 17.9 Å². The first kappa shape index (κ1) is 20.7. The zero-order valence-corrected chi connectivity index (χ0v) is 17.5. The third-order valence-electron chi connectivity index (χ3n) is 4.64. The number of methoxy groups -OCH3 is 1. The highest BCUT2D eigenvalue weighted by Gasteiger charge is 2.13. The van der Waals surface area contributed by atoms with Gasteiger partial charge in [-0.25, -0.2) is 4.68 Å².